The zero-order chi connectivity index (χ0) is 22.9. The minimum Gasteiger partial charge on any atom is -0.497 e. The summed E-state index contributed by atoms with van der Waals surface area (Å²) in [6.45, 7) is 4.19. The van der Waals surface area contributed by atoms with Crippen LogP contribution in [0.1, 0.15) is 48.5 Å². The van der Waals surface area contributed by atoms with Gasteiger partial charge in [-0.25, -0.2) is 0 Å². The van der Waals surface area contributed by atoms with E-state index in [1.54, 1.807) is 14.2 Å². The number of rotatable bonds is 9. The minimum absolute atomic E-state index is 0.0718. The molecule has 6 nitrogen and oxygen atoms in total. The van der Waals surface area contributed by atoms with E-state index in [0.717, 1.165) is 48.4 Å². The Bertz CT molecular complexity index is 892. The summed E-state index contributed by atoms with van der Waals surface area (Å²) in [5.74, 6) is 1.76. The van der Waals surface area contributed by atoms with Crippen molar-refractivity contribution in [3.8, 4) is 11.5 Å². The van der Waals surface area contributed by atoms with Gasteiger partial charge in [-0.15, -0.1) is 0 Å². The van der Waals surface area contributed by atoms with Gasteiger partial charge in [0.1, 0.15) is 11.5 Å². The lowest BCUT2D eigenvalue weighted by atomic mass is 10.0. The smallest absolute Gasteiger partial charge is 0.253 e. The highest BCUT2D eigenvalue weighted by Gasteiger charge is 2.29. The summed E-state index contributed by atoms with van der Waals surface area (Å²) in [7, 11) is 3.27. The Morgan fingerprint density at radius 1 is 1.03 bits per heavy atom. The average Bonchev–Trinajstić information content (AvgIpc) is 2.85. The molecule has 3 rings (SSSR count). The summed E-state index contributed by atoms with van der Waals surface area (Å²) in [4.78, 5) is 29.8. The van der Waals surface area contributed by atoms with Crippen LogP contribution in [0.15, 0.2) is 48.5 Å². The van der Waals surface area contributed by atoms with E-state index >= 15 is 0 Å². The Morgan fingerprint density at radius 3 is 2.38 bits per heavy atom. The molecular formula is C26H34N2O4. The van der Waals surface area contributed by atoms with Crippen molar-refractivity contribution in [1.29, 1.82) is 0 Å². The minimum atomic E-state index is 0.0718. The highest BCUT2D eigenvalue weighted by Crippen LogP contribution is 2.26. The zero-order valence-corrected chi connectivity index (χ0v) is 19.4. The van der Waals surface area contributed by atoms with Crippen LogP contribution in [0.4, 0.5) is 0 Å². The number of ether oxygens (including phenoxy) is 2. The fraction of sp³-hybridized carbons (Fsp3) is 0.462. The summed E-state index contributed by atoms with van der Waals surface area (Å²) in [5, 5.41) is 0. The fourth-order valence-electron chi connectivity index (χ4n) is 4.36. The largest absolute Gasteiger partial charge is 0.497 e. The Hall–Kier alpha value is -3.02. The highest BCUT2D eigenvalue weighted by atomic mass is 16.5. The molecule has 1 aliphatic rings. The monoisotopic (exact) mass is 438 g/mol. The van der Waals surface area contributed by atoms with Crippen molar-refractivity contribution in [1.82, 2.24) is 9.80 Å². The van der Waals surface area contributed by atoms with Gasteiger partial charge in [0.2, 0.25) is 5.91 Å². The van der Waals surface area contributed by atoms with Gasteiger partial charge in [0.25, 0.3) is 5.91 Å². The quantitative estimate of drug-likeness (QED) is 0.589. The summed E-state index contributed by atoms with van der Waals surface area (Å²) in [5.41, 5.74) is 1.69. The third-order valence-corrected chi connectivity index (χ3v) is 6.09. The molecule has 0 radical (unpaired) electrons. The molecule has 1 heterocycles. The van der Waals surface area contributed by atoms with Crippen molar-refractivity contribution < 1.29 is 19.1 Å². The molecule has 2 aromatic carbocycles. The lowest BCUT2D eigenvalue weighted by Crippen LogP contribution is -2.49. The van der Waals surface area contributed by atoms with Crippen LogP contribution in [0, 0.1) is 0 Å². The lowest BCUT2D eigenvalue weighted by Gasteiger charge is -2.38. The van der Waals surface area contributed by atoms with E-state index in [0.29, 0.717) is 25.9 Å². The Kier molecular flexibility index (Phi) is 8.54. The molecule has 2 amide bonds. The van der Waals surface area contributed by atoms with Crippen LogP contribution in [0.3, 0.4) is 0 Å². The van der Waals surface area contributed by atoms with E-state index in [4.69, 9.17) is 9.47 Å². The van der Waals surface area contributed by atoms with E-state index in [-0.39, 0.29) is 17.9 Å². The maximum Gasteiger partial charge on any atom is 0.253 e. The van der Waals surface area contributed by atoms with Crippen molar-refractivity contribution in [3.63, 3.8) is 0 Å². The van der Waals surface area contributed by atoms with Crippen molar-refractivity contribution >= 4 is 11.8 Å². The number of carbonyl (C=O) groups is 2. The van der Waals surface area contributed by atoms with Crippen LogP contribution in [-0.2, 0) is 11.2 Å². The first kappa shape index (κ1) is 23.6. The summed E-state index contributed by atoms with van der Waals surface area (Å²) >= 11 is 0. The first-order valence-electron chi connectivity index (χ1n) is 11.4. The fourth-order valence-corrected chi connectivity index (χ4v) is 4.36. The molecule has 1 saturated heterocycles. The number of likely N-dealkylation sites (tertiary alicyclic amines) is 1. The van der Waals surface area contributed by atoms with E-state index in [9.17, 15) is 9.59 Å². The van der Waals surface area contributed by atoms with Gasteiger partial charge in [0.05, 0.1) is 14.2 Å². The second kappa shape index (κ2) is 11.6. The summed E-state index contributed by atoms with van der Waals surface area (Å²) in [6.07, 6.45) is 3.56. The lowest BCUT2D eigenvalue weighted by molar-refractivity contribution is -0.134. The van der Waals surface area contributed by atoms with Gasteiger partial charge in [-0.2, -0.15) is 0 Å². The molecule has 0 unspecified atom stereocenters. The summed E-state index contributed by atoms with van der Waals surface area (Å²) in [6, 6.07) is 15.2. The molecule has 0 saturated carbocycles. The molecule has 0 atom stereocenters. The first-order chi connectivity index (χ1) is 15.6. The first-order valence-corrected chi connectivity index (χ1v) is 11.4. The van der Waals surface area contributed by atoms with Gasteiger partial charge in [-0.3, -0.25) is 9.59 Å². The van der Waals surface area contributed by atoms with E-state index in [2.05, 4.69) is 6.92 Å². The highest BCUT2D eigenvalue weighted by molar-refractivity contribution is 5.94. The molecule has 6 heteroatoms. The second-order valence-electron chi connectivity index (χ2n) is 8.15. The van der Waals surface area contributed by atoms with E-state index in [1.165, 1.54) is 0 Å². The predicted octanol–water partition coefficient (Wildman–Crippen LogP) is 4.18. The molecule has 1 aliphatic heterocycles. The molecule has 0 spiro atoms. The zero-order valence-electron chi connectivity index (χ0n) is 19.4. The standard InChI is InChI=1S/C26H34N2O4/c1-4-16-28(25(29)13-10-21-19-23(31-2)11-12-24(21)32-3)22-14-17-27(18-15-22)26(30)20-8-6-5-7-9-20/h5-9,11-12,19,22H,4,10,13-18H2,1-3H3. The van der Waals surface area contributed by atoms with Crippen LogP contribution >= 0.6 is 0 Å². The maximum absolute atomic E-state index is 13.2. The van der Waals surface area contributed by atoms with Crippen LogP contribution < -0.4 is 9.47 Å². The normalized spacial score (nSPS) is 14.2. The van der Waals surface area contributed by atoms with Crippen molar-refractivity contribution in [2.75, 3.05) is 33.9 Å². The topological polar surface area (TPSA) is 59.1 Å². The third-order valence-electron chi connectivity index (χ3n) is 6.09. The number of nitrogens with zero attached hydrogens (tertiary/aromatic N) is 2. The van der Waals surface area contributed by atoms with Crippen molar-refractivity contribution in [2.45, 2.75) is 45.1 Å². The van der Waals surface area contributed by atoms with E-state index in [1.807, 2.05) is 58.3 Å². The Morgan fingerprint density at radius 2 is 1.75 bits per heavy atom. The average molecular weight is 439 g/mol. The van der Waals surface area contributed by atoms with E-state index < -0.39 is 0 Å². The molecule has 32 heavy (non-hydrogen) atoms. The van der Waals surface area contributed by atoms with Crippen LogP contribution in [0.25, 0.3) is 0 Å². The SMILES string of the molecule is CCCN(C(=O)CCc1cc(OC)ccc1OC)C1CCN(C(=O)c2ccccc2)CC1. The van der Waals surface area contributed by atoms with Gasteiger partial charge in [-0.1, -0.05) is 25.1 Å². The maximum atomic E-state index is 13.2. The van der Waals surface area contributed by atoms with Gasteiger partial charge < -0.3 is 19.3 Å². The molecule has 1 fully saturated rings. The Balaban J connectivity index is 1.59. The molecule has 0 bridgehead atoms. The predicted molar refractivity (Wildman–Crippen MR) is 125 cm³/mol. The molecule has 0 aliphatic carbocycles. The number of amides is 2. The molecule has 0 N–H and O–H groups in total. The number of benzene rings is 2. The number of hydrogen-bond acceptors (Lipinski definition) is 4. The third kappa shape index (κ3) is 5.81. The van der Waals surface area contributed by atoms with Crippen LogP contribution in [-0.4, -0.2) is 61.5 Å². The molecular weight excluding hydrogens is 404 g/mol. The second-order valence-corrected chi connectivity index (χ2v) is 8.15. The van der Waals surface area contributed by atoms with Crippen molar-refractivity contribution in [2.24, 2.45) is 0 Å². The number of methoxy groups -OCH3 is 2. The number of carbonyl (C=O) groups excluding carboxylic acids is 2. The van der Waals surface area contributed by atoms with Crippen LogP contribution in [0.2, 0.25) is 0 Å². The number of piperidine rings is 1. The van der Waals surface area contributed by atoms with Crippen molar-refractivity contribution in [3.05, 3.63) is 59.7 Å². The molecule has 2 aromatic rings. The number of hydrogen-bond donors (Lipinski definition) is 0. The summed E-state index contributed by atoms with van der Waals surface area (Å²) < 4.78 is 10.8. The van der Waals surface area contributed by atoms with Gasteiger partial charge >= 0.3 is 0 Å². The van der Waals surface area contributed by atoms with Gasteiger partial charge in [0, 0.05) is 37.7 Å². The van der Waals surface area contributed by atoms with Gasteiger partial charge in [0.15, 0.2) is 0 Å². The molecule has 172 valence electrons. The molecule has 0 aromatic heterocycles. The Labute approximate surface area is 191 Å². The van der Waals surface area contributed by atoms with Gasteiger partial charge in [-0.05, 0) is 61.6 Å². The van der Waals surface area contributed by atoms with Crippen LogP contribution in [0.5, 0.6) is 11.5 Å². The number of aryl methyl sites for hydroxylation is 1.